The van der Waals surface area contributed by atoms with E-state index in [1.165, 1.54) is 12.4 Å². The Hall–Kier alpha value is -1.70. The van der Waals surface area contributed by atoms with Gasteiger partial charge in [-0.1, -0.05) is 0 Å². The van der Waals surface area contributed by atoms with Crippen molar-refractivity contribution >= 4 is 21.6 Å². The molecule has 1 aromatic heterocycles. The minimum Gasteiger partial charge on any atom is -0.382 e. The Morgan fingerprint density at radius 2 is 2.12 bits per heavy atom. The van der Waals surface area contributed by atoms with Crippen LogP contribution in [0.25, 0.3) is 0 Å². The maximum Gasteiger partial charge on any atom is 0.271 e. The summed E-state index contributed by atoms with van der Waals surface area (Å²) in [5.41, 5.74) is 5.42. The molecule has 0 fully saturated rings. The van der Waals surface area contributed by atoms with Gasteiger partial charge in [0.15, 0.2) is 0 Å². The van der Waals surface area contributed by atoms with E-state index < -0.39 is 21.8 Å². The Labute approximate surface area is 99.4 Å². The number of sulfone groups is 1. The number of nitrogen functional groups attached to an aromatic ring is 1. The summed E-state index contributed by atoms with van der Waals surface area (Å²) in [4.78, 5) is 19.1. The van der Waals surface area contributed by atoms with Crippen LogP contribution in [0.15, 0.2) is 12.4 Å². The first-order valence-electron chi connectivity index (χ1n) is 4.84. The molecule has 7 nitrogen and oxygen atoms in total. The van der Waals surface area contributed by atoms with E-state index >= 15 is 0 Å². The van der Waals surface area contributed by atoms with Gasteiger partial charge in [0, 0.05) is 12.3 Å². The van der Waals surface area contributed by atoms with Gasteiger partial charge in [-0.3, -0.25) is 4.79 Å². The largest absolute Gasteiger partial charge is 0.382 e. The zero-order valence-electron chi connectivity index (χ0n) is 9.54. The first-order valence-corrected chi connectivity index (χ1v) is 6.90. The van der Waals surface area contributed by atoms with Crippen molar-refractivity contribution in [1.82, 2.24) is 15.3 Å². The Balaban J connectivity index is 2.63. The van der Waals surface area contributed by atoms with Gasteiger partial charge in [-0.25, -0.2) is 18.4 Å². The van der Waals surface area contributed by atoms with E-state index in [1.54, 1.807) is 6.92 Å². The third-order valence-electron chi connectivity index (χ3n) is 1.83. The van der Waals surface area contributed by atoms with Crippen molar-refractivity contribution in [2.75, 3.05) is 17.7 Å². The number of carbonyl (C=O) groups is 1. The highest BCUT2D eigenvalue weighted by Gasteiger charge is 2.15. The van der Waals surface area contributed by atoms with Crippen molar-refractivity contribution in [3.63, 3.8) is 0 Å². The standard InChI is InChI=1S/C9H14N4O3S/c1-6(5-17(2,15)16)13-9(14)7-3-12-8(10)4-11-7/h3-4,6H,5H2,1-2H3,(H2,10,12)(H,13,14). The average Bonchev–Trinajstić information content (AvgIpc) is 2.15. The molecular formula is C9H14N4O3S. The van der Waals surface area contributed by atoms with Crippen LogP contribution in [0.2, 0.25) is 0 Å². The van der Waals surface area contributed by atoms with Crippen LogP contribution < -0.4 is 11.1 Å². The lowest BCUT2D eigenvalue weighted by molar-refractivity contribution is 0.0938. The molecule has 0 aliphatic rings. The molecule has 1 amide bonds. The topological polar surface area (TPSA) is 115 Å². The van der Waals surface area contributed by atoms with E-state index in [-0.39, 0.29) is 17.3 Å². The number of anilines is 1. The van der Waals surface area contributed by atoms with Crippen LogP contribution in [0.4, 0.5) is 5.82 Å². The second kappa shape index (κ2) is 5.09. The van der Waals surface area contributed by atoms with Gasteiger partial charge in [0.25, 0.3) is 5.91 Å². The van der Waals surface area contributed by atoms with Crippen LogP contribution in [-0.4, -0.2) is 42.3 Å². The van der Waals surface area contributed by atoms with Gasteiger partial charge in [0.05, 0.1) is 18.1 Å². The van der Waals surface area contributed by atoms with Crippen molar-refractivity contribution in [3.05, 3.63) is 18.1 Å². The number of nitrogens with zero attached hydrogens (tertiary/aromatic N) is 2. The van der Waals surface area contributed by atoms with Gasteiger partial charge in [0.2, 0.25) is 0 Å². The molecule has 0 saturated carbocycles. The number of nitrogens with two attached hydrogens (primary N) is 1. The number of carbonyl (C=O) groups excluding carboxylic acids is 1. The average molecular weight is 258 g/mol. The van der Waals surface area contributed by atoms with E-state index in [0.717, 1.165) is 6.26 Å². The van der Waals surface area contributed by atoms with Crippen molar-refractivity contribution < 1.29 is 13.2 Å². The minimum atomic E-state index is -3.13. The molecule has 94 valence electrons. The number of rotatable bonds is 4. The van der Waals surface area contributed by atoms with Gasteiger partial charge in [0.1, 0.15) is 21.3 Å². The molecule has 0 aliphatic carbocycles. The molecule has 3 N–H and O–H groups in total. The van der Waals surface area contributed by atoms with Crippen LogP contribution in [0.1, 0.15) is 17.4 Å². The second-order valence-electron chi connectivity index (χ2n) is 3.79. The summed E-state index contributed by atoms with van der Waals surface area (Å²) in [6.45, 7) is 1.60. The number of hydrogen-bond acceptors (Lipinski definition) is 6. The van der Waals surface area contributed by atoms with Gasteiger partial charge < -0.3 is 11.1 Å². The van der Waals surface area contributed by atoms with Crippen LogP contribution in [0.3, 0.4) is 0 Å². The third kappa shape index (κ3) is 4.77. The van der Waals surface area contributed by atoms with Crippen molar-refractivity contribution in [1.29, 1.82) is 0 Å². The highest BCUT2D eigenvalue weighted by Crippen LogP contribution is 1.98. The fourth-order valence-corrected chi connectivity index (χ4v) is 2.24. The second-order valence-corrected chi connectivity index (χ2v) is 5.98. The lowest BCUT2D eigenvalue weighted by atomic mass is 10.3. The molecule has 0 bridgehead atoms. The molecule has 17 heavy (non-hydrogen) atoms. The summed E-state index contributed by atoms with van der Waals surface area (Å²) >= 11 is 0. The van der Waals surface area contributed by atoms with Gasteiger partial charge >= 0.3 is 0 Å². The quantitative estimate of drug-likeness (QED) is 0.732. The van der Waals surface area contributed by atoms with E-state index in [4.69, 9.17) is 5.73 Å². The van der Waals surface area contributed by atoms with Crippen LogP contribution in [-0.2, 0) is 9.84 Å². The maximum absolute atomic E-state index is 11.6. The number of aromatic nitrogens is 2. The zero-order chi connectivity index (χ0) is 13.1. The molecule has 1 unspecified atom stereocenters. The van der Waals surface area contributed by atoms with Gasteiger partial charge in [-0.05, 0) is 6.92 Å². The van der Waals surface area contributed by atoms with Gasteiger partial charge in [-0.15, -0.1) is 0 Å². The monoisotopic (exact) mass is 258 g/mol. The Morgan fingerprint density at radius 1 is 1.47 bits per heavy atom. The third-order valence-corrected chi connectivity index (χ3v) is 2.94. The van der Waals surface area contributed by atoms with E-state index in [1.807, 2.05) is 0 Å². The molecule has 0 spiro atoms. The van der Waals surface area contributed by atoms with Crippen molar-refractivity contribution in [2.24, 2.45) is 0 Å². The summed E-state index contributed by atoms with van der Waals surface area (Å²) in [7, 11) is -3.13. The summed E-state index contributed by atoms with van der Waals surface area (Å²) < 4.78 is 22.0. The summed E-state index contributed by atoms with van der Waals surface area (Å²) in [5, 5.41) is 2.51. The minimum absolute atomic E-state index is 0.0968. The van der Waals surface area contributed by atoms with E-state index in [9.17, 15) is 13.2 Å². The highest BCUT2D eigenvalue weighted by atomic mass is 32.2. The molecule has 8 heteroatoms. The lowest BCUT2D eigenvalue weighted by Gasteiger charge is -2.11. The van der Waals surface area contributed by atoms with Crippen molar-refractivity contribution in [2.45, 2.75) is 13.0 Å². The summed E-state index contributed by atoms with van der Waals surface area (Å²) in [6, 6.07) is -0.489. The molecule has 0 radical (unpaired) electrons. The van der Waals surface area contributed by atoms with Crippen LogP contribution >= 0.6 is 0 Å². The maximum atomic E-state index is 11.6. The van der Waals surface area contributed by atoms with Crippen LogP contribution in [0, 0.1) is 0 Å². The van der Waals surface area contributed by atoms with Gasteiger partial charge in [-0.2, -0.15) is 0 Å². The number of amides is 1. The predicted octanol–water partition coefficient (Wildman–Crippen LogP) is -0.778. The molecule has 1 aromatic rings. The first kappa shape index (κ1) is 13.4. The van der Waals surface area contributed by atoms with Crippen LogP contribution in [0.5, 0.6) is 0 Å². The smallest absolute Gasteiger partial charge is 0.271 e. The fourth-order valence-electron chi connectivity index (χ4n) is 1.25. The van der Waals surface area contributed by atoms with E-state index in [2.05, 4.69) is 15.3 Å². The zero-order valence-corrected chi connectivity index (χ0v) is 10.4. The molecule has 1 atom stereocenters. The Kier molecular flexibility index (Phi) is 4.00. The lowest BCUT2D eigenvalue weighted by Crippen LogP contribution is -2.37. The van der Waals surface area contributed by atoms with Crippen molar-refractivity contribution in [3.8, 4) is 0 Å². The van der Waals surface area contributed by atoms with E-state index in [0.29, 0.717) is 0 Å². The Bertz CT molecular complexity index is 497. The fraction of sp³-hybridized carbons (Fsp3) is 0.444. The molecule has 0 aromatic carbocycles. The Morgan fingerprint density at radius 3 is 2.59 bits per heavy atom. The summed E-state index contributed by atoms with van der Waals surface area (Å²) in [6.07, 6.45) is 3.60. The molecule has 1 heterocycles. The normalized spacial score (nSPS) is 13.1. The SMILES string of the molecule is CC(CS(C)(=O)=O)NC(=O)c1cnc(N)cn1. The summed E-state index contributed by atoms with van der Waals surface area (Å²) in [5.74, 6) is -0.388. The predicted molar refractivity (Wildman–Crippen MR) is 63.1 cm³/mol. The molecular weight excluding hydrogens is 244 g/mol. The first-order chi connectivity index (χ1) is 7.78. The number of nitrogens with one attached hydrogen (secondary N) is 1. The highest BCUT2D eigenvalue weighted by molar-refractivity contribution is 7.90. The number of hydrogen-bond donors (Lipinski definition) is 2. The molecule has 0 aliphatic heterocycles. The molecule has 1 rings (SSSR count). The molecule has 0 saturated heterocycles.